The smallest absolute Gasteiger partial charge is 0.259 e. The molecule has 0 amide bonds. The molecule has 146 valence electrons. The maximum atomic E-state index is 13.5. The summed E-state index contributed by atoms with van der Waals surface area (Å²) in [5.74, 6) is 0.716. The molecule has 1 aliphatic rings. The molecular formula is C23H21BrN4O. The molecule has 4 aromatic rings. The van der Waals surface area contributed by atoms with Crippen molar-refractivity contribution in [2.24, 2.45) is 0 Å². The van der Waals surface area contributed by atoms with Crippen LogP contribution in [0.5, 0.6) is 0 Å². The summed E-state index contributed by atoms with van der Waals surface area (Å²) < 4.78 is 4.92. The maximum absolute atomic E-state index is 13.5. The highest BCUT2D eigenvalue weighted by molar-refractivity contribution is 9.10. The Bertz CT molecular complexity index is 1210. The van der Waals surface area contributed by atoms with Gasteiger partial charge in [-0.3, -0.25) is 18.7 Å². The van der Waals surface area contributed by atoms with Gasteiger partial charge in [0.1, 0.15) is 0 Å². The van der Waals surface area contributed by atoms with Gasteiger partial charge in [0.25, 0.3) is 5.56 Å². The number of rotatable bonds is 4. The third kappa shape index (κ3) is 3.54. The van der Waals surface area contributed by atoms with E-state index in [1.54, 1.807) is 10.8 Å². The van der Waals surface area contributed by atoms with Gasteiger partial charge in [-0.15, -0.1) is 0 Å². The van der Waals surface area contributed by atoms with Gasteiger partial charge in [0.05, 0.1) is 12.1 Å². The number of hydrogen-bond acceptors (Lipinski definition) is 3. The molecule has 0 bridgehead atoms. The van der Waals surface area contributed by atoms with Crippen molar-refractivity contribution in [3.8, 4) is 0 Å². The topological polar surface area (TPSA) is 42.5 Å². The Morgan fingerprint density at radius 1 is 0.966 bits per heavy atom. The summed E-state index contributed by atoms with van der Waals surface area (Å²) in [6.45, 7) is 2.97. The van der Waals surface area contributed by atoms with E-state index in [1.165, 1.54) is 5.56 Å². The molecule has 0 saturated carbocycles. The van der Waals surface area contributed by atoms with E-state index in [9.17, 15) is 4.79 Å². The van der Waals surface area contributed by atoms with Crippen molar-refractivity contribution in [2.75, 3.05) is 6.54 Å². The monoisotopic (exact) mass is 448 g/mol. The second-order valence-electron chi connectivity index (χ2n) is 7.49. The van der Waals surface area contributed by atoms with Crippen molar-refractivity contribution < 1.29 is 0 Å². The van der Waals surface area contributed by atoms with E-state index in [1.807, 2.05) is 36.5 Å². The summed E-state index contributed by atoms with van der Waals surface area (Å²) in [6.07, 6.45) is 4.60. The molecule has 0 radical (unpaired) electrons. The van der Waals surface area contributed by atoms with Gasteiger partial charge in [0.15, 0.2) is 0 Å². The van der Waals surface area contributed by atoms with Crippen LogP contribution < -0.4 is 5.56 Å². The van der Waals surface area contributed by atoms with Crippen molar-refractivity contribution in [3.05, 3.63) is 104 Å². The van der Waals surface area contributed by atoms with Crippen molar-refractivity contribution in [1.82, 2.24) is 18.9 Å². The van der Waals surface area contributed by atoms with E-state index in [0.717, 1.165) is 40.8 Å². The van der Waals surface area contributed by atoms with Crippen LogP contribution in [0.1, 0.15) is 22.4 Å². The number of aromatic nitrogens is 3. The summed E-state index contributed by atoms with van der Waals surface area (Å²) in [6, 6.07) is 18.5. The molecule has 0 fully saturated rings. The fourth-order valence-electron chi connectivity index (χ4n) is 4.12. The van der Waals surface area contributed by atoms with Gasteiger partial charge in [0.2, 0.25) is 5.78 Å². The van der Waals surface area contributed by atoms with Gasteiger partial charge in [-0.1, -0.05) is 58.4 Å². The third-order valence-electron chi connectivity index (χ3n) is 5.55. The largest absolute Gasteiger partial charge is 0.294 e. The summed E-state index contributed by atoms with van der Waals surface area (Å²) >= 11 is 3.47. The standard InChI is InChI=1S/C23H21BrN4O/c24-19-8-6-18(7-9-19)15-28-22(29)20-16-26(14-17-4-2-1-3-5-17)12-10-21(20)27-13-11-25-23(27)28/h1-9,11,13H,10,12,14-16H2. The lowest BCUT2D eigenvalue weighted by Crippen LogP contribution is -2.38. The zero-order valence-corrected chi connectivity index (χ0v) is 17.5. The van der Waals surface area contributed by atoms with Gasteiger partial charge < -0.3 is 0 Å². The molecule has 0 unspecified atom stereocenters. The fraction of sp³-hybridized carbons (Fsp3) is 0.217. The Labute approximate surface area is 177 Å². The molecule has 5 nitrogen and oxygen atoms in total. The molecular weight excluding hydrogens is 428 g/mol. The molecule has 0 aliphatic carbocycles. The molecule has 0 N–H and O–H groups in total. The maximum Gasteiger partial charge on any atom is 0.259 e. The highest BCUT2D eigenvalue weighted by Crippen LogP contribution is 2.20. The van der Waals surface area contributed by atoms with E-state index in [-0.39, 0.29) is 5.56 Å². The Morgan fingerprint density at radius 3 is 2.52 bits per heavy atom. The molecule has 0 saturated heterocycles. The number of nitrogens with zero attached hydrogens (tertiary/aromatic N) is 4. The fourth-order valence-corrected chi connectivity index (χ4v) is 4.38. The molecule has 2 aromatic carbocycles. The lowest BCUT2D eigenvalue weighted by molar-refractivity contribution is 0.240. The molecule has 0 spiro atoms. The Kier molecular flexibility index (Phi) is 4.81. The normalized spacial score (nSPS) is 14.2. The van der Waals surface area contributed by atoms with Gasteiger partial charge in [-0.2, -0.15) is 0 Å². The molecule has 1 aliphatic heterocycles. The van der Waals surface area contributed by atoms with E-state index < -0.39 is 0 Å². The predicted octanol–water partition coefficient (Wildman–Crippen LogP) is 3.87. The Hall–Kier alpha value is -2.70. The number of hydrogen-bond donors (Lipinski definition) is 0. The first-order valence-corrected chi connectivity index (χ1v) is 10.6. The zero-order chi connectivity index (χ0) is 19.8. The Balaban J connectivity index is 1.53. The predicted molar refractivity (Wildman–Crippen MR) is 117 cm³/mol. The zero-order valence-electron chi connectivity index (χ0n) is 16.0. The first kappa shape index (κ1) is 18.3. The average Bonchev–Trinajstić information content (AvgIpc) is 3.23. The summed E-state index contributed by atoms with van der Waals surface area (Å²) in [4.78, 5) is 20.3. The van der Waals surface area contributed by atoms with Crippen LogP contribution in [0.2, 0.25) is 0 Å². The molecule has 3 heterocycles. The molecule has 29 heavy (non-hydrogen) atoms. The quantitative estimate of drug-likeness (QED) is 0.475. The van der Waals surface area contributed by atoms with Gasteiger partial charge >= 0.3 is 0 Å². The minimum Gasteiger partial charge on any atom is -0.294 e. The minimum absolute atomic E-state index is 0.0689. The van der Waals surface area contributed by atoms with Crippen molar-refractivity contribution in [2.45, 2.75) is 26.1 Å². The second-order valence-corrected chi connectivity index (χ2v) is 8.40. The number of imidazole rings is 1. The SMILES string of the molecule is O=c1c2c(n3ccnc3n1Cc1ccc(Br)cc1)CCN(Cc1ccccc1)C2. The van der Waals surface area contributed by atoms with Crippen molar-refractivity contribution >= 4 is 21.7 Å². The van der Waals surface area contributed by atoms with Gasteiger partial charge in [0, 0.05) is 48.6 Å². The molecule has 2 aromatic heterocycles. The number of benzene rings is 2. The number of halogens is 1. The van der Waals surface area contributed by atoms with Crippen molar-refractivity contribution in [1.29, 1.82) is 0 Å². The van der Waals surface area contributed by atoms with Crippen LogP contribution in [0.4, 0.5) is 0 Å². The van der Waals surface area contributed by atoms with E-state index in [4.69, 9.17) is 0 Å². The van der Waals surface area contributed by atoms with Crippen molar-refractivity contribution in [3.63, 3.8) is 0 Å². The highest BCUT2D eigenvalue weighted by Gasteiger charge is 2.24. The molecule has 5 rings (SSSR count). The van der Waals surface area contributed by atoms with E-state index >= 15 is 0 Å². The summed E-state index contributed by atoms with van der Waals surface area (Å²) in [5.41, 5.74) is 4.40. The van der Waals surface area contributed by atoms with Gasteiger partial charge in [-0.25, -0.2) is 4.98 Å². The molecule has 0 atom stereocenters. The summed E-state index contributed by atoms with van der Waals surface area (Å²) in [5, 5.41) is 0. The lowest BCUT2D eigenvalue weighted by Gasteiger charge is -2.29. The third-order valence-corrected chi connectivity index (χ3v) is 6.08. The van der Waals surface area contributed by atoms with Crippen LogP contribution in [-0.4, -0.2) is 25.4 Å². The first-order valence-electron chi connectivity index (χ1n) is 9.77. The van der Waals surface area contributed by atoms with E-state index in [2.05, 4.69) is 54.5 Å². The van der Waals surface area contributed by atoms with Crippen LogP contribution in [0.3, 0.4) is 0 Å². The summed E-state index contributed by atoms with van der Waals surface area (Å²) in [7, 11) is 0. The average molecular weight is 449 g/mol. The van der Waals surface area contributed by atoms with Crippen LogP contribution in [0.15, 0.2) is 76.3 Å². The van der Waals surface area contributed by atoms with Gasteiger partial charge in [-0.05, 0) is 23.3 Å². The minimum atomic E-state index is 0.0689. The first-order chi connectivity index (χ1) is 14.2. The van der Waals surface area contributed by atoms with E-state index in [0.29, 0.717) is 18.9 Å². The van der Waals surface area contributed by atoms with Crippen LogP contribution in [0, 0.1) is 0 Å². The number of fused-ring (bicyclic) bond motifs is 3. The second kappa shape index (κ2) is 7.61. The van der Waals surface area contributed by atoms with Crippen LogP contribution in [-0.2, 0) is 26.1 Å². The lowest BCUT2D eigenvalue weighted by atomic mass is 10.1. The van der Waals surface area contributed by atoms with Crippen LogP contribution >= 0.6 is 15.9 Å². The Morgan fingerprint density at radius 2 is 1.72 bits per heavy atom. The highest BCUT2D eigenvalue weighted by atomic mass is 79.9. The van der Waals surface area contributed by atoms with Crippen LogP contribution in [0.25, 0.3) is 5.78 Å². The molecule has 6 heteroatoms.